The Bertz CT molecular complexity index is 2030. The summed E-state index contributed by atoms with van der Waals surface area (Å²) in [7, 11) is 0. The third-order valence-electron chi connectivity index (χ3n) is 8.64. The minimum atomic E-state index is -0.171. The molecule has 1 unspecified atom stereocenters. The van der Waals surface area contributed by atoms with Crippen LogP contribution in [0.4, 0.5) is 0 Å². The van der Waals surface area contributed by atoms with E-state index in [1.54, 1.807) is 0 Å². The number of aryl methyl sites for hydroxylation is 1. The van der Waals surface area contributed by atoms with E-state index in [0.717, 1.165) is 24.3 Å². The second kappa shape index (κ2) is 5.87. The third kappa shape index (κ3) is 1.97. The van der Waals surface area contributed by atoms with Crippen molar-refractivity contribution in [3.8, 4) is 11.3 Å². The zero-order valence-corrected chi connectivity index (χ0v) is 19.4. The highest BCUT2D eigenvalue weighted by molar-refractivity contribution is 6.32. The van der Waals surface area contributed by atoms with Crippen LogP contribution in [-0.4, -0.2) is 0 Å². The third-order valence-corrected chi connectivity index (χ3v) is 8.64. The first kappa shape index (κ1) is 18.1. The summed E-state index contributed by atoms with van der Waals surface area (Å²) >= 11 is 0. The van der Waals surface area contributed by atoms with Crippen LogP contribution in [0.25, 0.3) is 54.9 Å². The van der Waals surface area contributed by atoms with Crippen molar-refractivity contribution in [2.75, 3.05) is 0 Å². The predicted octanol–water partition coefficient (Wildman–Crippen LogP) is 6.19. The first-order valence-corrected chi connectivity index (χ1v) is 12.4. The van der Waals surface area contributed by atoms with Crippen LogP contribution in [0.2, 0.25) is 0 Å². The molecule has 3 nitrogen and oxygen atoms in total. The van der Waals surface area contributed by atoms with Gasteiger partial charge in [-0.1, -0.05) is 36.4 Å². The first-order valence-electron chi connectivity index (χ1n) is 12.4. The Labute approximate surface area is 201 Å². The minimum absolute atomic E-state index is 0.171. The van der Waals surface area contributed by atoms with E-state index in [1.165, 1.54) is 60.4 Å². The Balaban J connectivity index is 1.53. The number of aromatic nitrogens is 2. The molecule has 164 valence electrons. The molecule has 1 atom stereocenters. The molecule has 2 aliphatic heterocycles. The van der Waals surface area contributed by atoms with E-state index >= 15 is 0 Å². The molecule has 35 heavy (non-hydrogen) atoms. The van der Waals surface area contributed by atoms with Crippen LogP contribution in [0.3, 0.4) is 0 Å². The lowest BCUT2D eigenvalue weighted by atomic mass is 9.66. The molecule has 0 saturated heterocycles. The summed E-state index contributed by atoms with van der Waals surface area (Å²) in [6.07, 6.45) is 4.52. The van der Waals surface area contributed by atoms with Gasteiger partial charge in [0.15, 0.2) is 25.5 Å². The van der Waals surface area contributed by atoms with Crippen LogP contribution in [-0.2, 0) is 18.5 Å². The quantitative estimate of drug-likeness (QED) is 0.199. The molecule has 7 aromatic rings. The largest absolute Gasteiger partial charge is 0.456 e. The van der Waals surface area contributed by atoms with Crippen LogP contribution in [0.1, 0.15) is 16.7 Å². The zero-order valence-electron chi connectivity index (χ0n) is 19.4. The summed E-state index contributed by atoms with van der Waals surface area (Å²) in [5, 5.41) is 6.48. The van der Waals surface area contributed by atoms with Gasteiger partial charge in [-0.3, -0.25) is 0 Å². The number of hydrogen-bond acceptors (Lipinski definition) is 1. The van der Waals surface area contributed by atoms with E-state index in [-0.39, 0.29) is 5.41 Å². The monoisotopic (exact) mass is 450 g/mol. The van der Waals surface area contributed by atoms with Crippen molar-refractivity contribution in [3.05, 3.63) is 108 Å². The zero-order chi connectivity index (χ0) is 22.9. The number of pyridine rings is 2. The Kier molecular flexibility index (Phi) is 3.04. The number of nitrogens with zero attached hydrogens (tertiary/aromatic N) is 2. The Hall–Kier alpha value is -4.24. The van der Waals surface area contributed by atoms with Crippen molar-refractivity contribution in [2.45, 2.75) is 25.4 Å². The average Bonchev–Trinajstić information content (AvgIpc) is 3.28. The van der Waals surface area contributed by atoms with Crippen LogP contribution in [0, 0.1) is 6.92 Å². The predicted molar refractivity (Wildman–Crippen MR) is 138 cm³/mol. The fourth-order valence-electron chi connectivity index (χ4n) is 7.32. The van der Waals surface area contributed by atoms with Gasteiger partial charge in [0, 0.05) is 34.4 Å². The molecular weight excluding hydrogens is 428 g/mol. The lowest BCUT2D eigenvalue weighted by Gasteiger charge is -2.37. The number of benzene rings is 4. The lowest BCUT2D eigenvalue weighted by molar-refractivity contribution is -0.725. The summed E-state index contributed by atoms with van der Waals surface area (Å²) in [6, 6.07) is 29.0. The molecule has 9 rings (SSSR count). The summed E-state index contributed by atoms with van der Waals surface area (Å²) < 4.78 is 11.4. The molecule has 1 spiro atoms. The van der Waals surface area contributed by atoms with Crippen LogP contribution in [0.5, 0.6) is 0 Å². The van der Waals surface area contributed by atoms with Crippen molar-refractivity contribution in [1.29, 1.82) is 0 Å². The second-order valence-electron chi connectivity index (χ2n) is 10.3. The Morgan fingerprint density at radius 1 is 0.657 bits per heavy atom. The highest BCUT2D eigenvalue weighted by Gasteiger charge is 2.52. The van der Waals surface area contributed by atoms with Gasteiger partial charge >= 0.3 is 0 Å². The lowest BCUT2D eigenvalue weighted by Crippen LogP contribution is -2.59. The molecule has 2 aliphatic rings. The molecule has 0 amide bonds. The van der Waals surface area contributed by atoms with Gasteiger partial charge in [0.05, 0.1) is 16.3 Å². The van der Waals surface area contributed by atoms with Gasteiger partial charge < -0.3 is 4.42 Å². The first-order chi connectivity index (χ1) is 17.2. The maximum atomic E-state index is 6.41. The number of furan rings is 1. The summed E-state index contributed by atoms with van der Waals surface area (Å²) in [5.74, 6) is 0. The molecule has 5 heterocycles. The van der Waals surface area contributed by atoms with Crippen LogP contribution < -0.4 is 9.13 Å². The van der Waals surface area contributed by atoms with E-state index in [2.05, 4.69) is 107 Å². The fourth-order valence-corrected chi connectivity index (χ4v) is 7.32. The molecule has 0 N–H and O–H groups in total. The number of fused-ring (bicyclic) bond motifs is 6. The summed E-state index contributed by atoms with van der Waals surface area (Å²) in [6.45, 7) is 4.08. The molecule has 0 aliphatic carbocycles. The van der Waals surface area contributed by atoms with E-state index in [9.17, 15) is 0 Å². The standard InChI is InChI=1S/C32H22N2O/c1-19-7-4-10-22-27(19)24-11-2-3-15-33(24)17-32(22)18-34-16-6-9-21-20-8-5-12-25-28(20)30-26(35-25)14-13-23(32)29(30)31(21)34/h2-16H,17-18H2,1H3/q+2. The normalized spacial score (nSPS) is 18.3. The maximum Gasteiger partial charge on any atom is 0.221 e. The van der Waals surface area contributed by atoms with Gasteiger partial charge in [-0.05, 0) is 47.9 Å². The molecule has 3 aromatic heterocycles. The molecule has 0 saturated carbocycles. The highest BCUT2D eigenvalue weighted by atomic mass is 16.3. The molecule has 4 aromatic carbocycles. The molecule has 3 heteroatoms. The van der Waals surface area contributed by atoms with E-state index in [1.807, 2.05) is 0 Å². The van der Waals surface area contributed by atoms with E-state index < -0.39 is 0 Å². The van der Waals surface area contributed by atoms with Crippen molar-refractivity contribution in [3.63, 3.8) is 0 Å². The van der Waals surface area contributed by atoms with Gasteiger partial charge in [-0.15, -0.1) is 0 Å². The molecular formula is C32H22N2O+2. The van der Waals surface area contributed by atoms with Gasteiger partial charge in [0.2, 0.25) is 11.2 Å². The van der Waals surface area contributed by atoms with E-state index in [4.69, 9.17) is 4.42 Å². The van der Waals surface area contributed by atoms with Crippen molar-refractivity contribution < 1.29 is 13.6 Å². The Morgan fingerprint density at radius 2 is 1.49 bits per heavy atom. The van der Waals surface area contributed by atoms with Gasteiger partial charge in [-0.2, -0.15) is 9.13 Å². The summed E-state index contributed by atoms with van der Waals surface area (Å²) in [4.78, 5) is 0. The van der Waals surface area contributed by atoms with Crippen molar-refractivity contribution in [2.24, 2.45) is 0 Å². The SMILES string of the molecule is Cc1cccc2c1-c1cccc[n+]1CC21C[n+]2cccc3c4cccc5oc6ccc1c(c6c54)c32. The fraction of sp³-hybridized carbons (Fsp3) is 0.125. The number of hydrogen-bond donors (Lipinski definition) is 0. The Morgan fingerprint density at radius 3 is 2.46 bits per heavy atom. The number of rotatable bonds is 0. The van der Waals surface area contributed by atoms with Crippen LogP contribution in [0.15, 0.2) is 95.7 Å². The van der Waals surface area contributed by atoms with Gasteiger partial charge in [0.25, 0.3) is 0 Å². The molecule has 0 radical (unpaired) electrons. The molecule has 0 fully saturated rings. The topological polar surface area (TPSA) is 20.9 Å². The smallest absolute Gasteiger partial charge is 0.221 e. The van der Waals surface area contributed by atoms with Gasteiger partial charge in [0.1, 0.15) is 16.6 Å². The van der Waals surface area contributed by atoms with E-state index in [0.29, 0.717) is 0 Å². The average molecular weight is 451 g/mol. The molecule has 0 bridgehead atoms. The van der Waals surface area contributed by atoms with Crippen LogP contribution >= 0.6 is 0 Å². The minimum Gasteiger partial charge on any atom is -0.456 e. The second-order valence-corrected chi connectivity index (χ2v) is 10.3. The van der Waals surface area contributed by atoms with Crippen molar-refractivity contribution in [1.82, 2.24) is 0 Å². The summed E-state index contributed by atoms with van der Waals surface area (Å²) in [5.41, 5.74) is 9.99. The van der Waals surface area contributed by atoms with Crippen molar-refractivity contribution >= 4 is 43.6 Å². The van der Waals surface area contributed by atoms with Gasteiger partial charge in [-0.25, -0.2) is 0 Å². The maximum absolute atomic E-state index is 6.41. The highest BCUT2D eigenvalue weighted by Crippen LogP contribution is 2.51.